The first kappa shape index (κ1) is 28.2. The highest BCUT2D eigenvalue weighted by Crippen LogP contribution is 2.18. The summed E-state index contributed by atoms with van der Waals surface area (Å²) in [5, 5.41) is 11.8. The number of benzene rings is 2. The van der Waals surface area contributed by atoms with Crippen LogP contribution in [0.2, 0.25) is 0 Å². The number of sulfonamides is 1. The van der Waals surface area contributed by atoms with E-state index in [1.807, 2.05) is 19.1 Å². The van der Waals surface area contributed by atoms with Crippen molar-refractivity contribution in [2.24, 2.45) is 16.0 Å². The number of halogens is 1. The van der Waals surface area contributed by atoms with Crippen molar-refractivity contribution in [2.75, 3.05) is 19.7 Å². The van der Waals surface area contributed by atoms with Gasteiger partial charge in [0.05, 0.1) is 17.5 Å². The molecule has 178 valence electrons. The molecule has 2 aromatic rings. The van der Waals surface area contributed by atoms with Crippen LogP contribution < -0.4 is 20.5 Å². The van der Waals surface area contributed by atoms with E-state index in [1.165, 1.54) is 12.1 Å². The molecule has 1 atom stereocenters. The second kappa shape index (κ2) is 13.6. The monoisotopic (exact) mass is 574 g/mol. The van der Waals surface area contributed by atoms with Crippen molar-refractivity contribution in [3.63, 3.8) is 0 Å². The number of hydrogen-bond donors (Lipinski definition) is 3. The summed E-state index contributed by atoms with van der Waals surface area (Å²) in [6.45, 7) is 10.4. The lowest BCUT2D eigenvalue weighted by molar-refractivity contribution is 0.271. The molecule has 0 aromatic heterocycles. The SMILES string of the molecule is CCNC(=NCCc1ccc(S(N)(=O)=O)cc1)NC(C)c1ccc(OCC(C)C)cc1.I. The predicted octanol–water partition coefficient (Wildman–Crippen LogP) is 3.85. The Labute approximate surface area is 209 Å². The molecular formula is C23H35IN4O3S. The minimum Gasteiger partial charge on any atom is -0.493 e. The van der Waals surface area contributed by atoms with Crippen molar-refractivity contribution in [2.45, 2.75) is 45.1 Å². The number of hydrogen-bond acceptors (Lipinski definition) is 4. The van der Waals surface area contributed by atoms with Crippen LogP contribution in [-0.2, 0) is 16.4 Å². The predicted molar refractivity (Wildman–Crippen MR) is 141 cm³/mol. The number of nitrogens with one attached hydrogen (secondary N) is 2. The van der Waals surface area contributed by atoms with Gasteiger partial charge in [0.15, 0.2) is 5.96 Å². The lowest BCUT2D eigenvalue weighted by atomic mass is 10.1. The molecule has 0 amide bonds. The first-order valence-corrected chi connectivity index (χ1v) is 12.1. The summed E-state index contributed by atoms with van der Waals surface area (Å²) in [4.78, 5) is 4.75. The molecule has 0 aliphatic rings. The summed E-state index contributed by atoms with van der Waals surface area (Å²) >= 11 is 0. The largest absolute Gasteiger partial charge is 0.493 e. The number of nitrogens with two attached hydrogens (primary N) is 1. The zero-order chi connectivity index (χ0) is 22.9. The van der Waals surface area contributed by atoms with E-state index in [4.69, 9.17) is 9.88 Å². The molecule has 9 heteroatoms. The Kier molecular flexibility index (Phi) is 12.0. The van der Waals surface area contributed by atoms with Crippen LogP contribution in [0.1, 0.15) is 44.9 Å². The summed E-state index contributed by atoms with van der Waals surface area (Å²) in [5.74, 6) is 2.10. The average Bonchev–Trinajstić information content (AvgIpc) is 2.72. The Balaban J connectivity index is 0.00000512. The molecule has 4 N–H and O–H groups in total. The second-order valence-corrected chi connectivity index (χ2v) is 9.40. The Morgan fingerprint density at radius 2 is 1.69 bits per heavy atom. The van der Waals surface area contributed by atoms with Gasteiger partial charge < -0.3 is 15.4 Å². The molecule has 0 spiro atoms. The van der Waals surface area contributed by atoms with Crippen molar-refractivity contribution in [1.82, 2.24) is 10.6 Å². The van der Waals surface area contributed by atoms with Crippen LogP contribution in [0.15, 0.2) is 58.4 Å². The lowest BCUT2D eigenvalue weighted by Crippen LogP contribution is -2.38. The minimum absolute atomic E-state index is 0. The van der Waals surface area contributed by atoms with E-state index in [0.29, 0.717) is 25.5 Å². The molecule has 0 radical (unpaired) electrons. The normalized spacial score (nSPS) is 12.8. The number of aliphatic imine (C=N–C) groups is 1. The third-order valence-corrected chi connectivity index (χ3v) is 5.51. The van der Waals surface area contributed by atoms with E-state index in [1.54, 1.807) is 12.1 Å². The highest BCUT2D eigenvalue weighted by atomic mass is 127. The number of rotatable bonds is 10. The van der Waals surface area contributed by atoms with Crippen LogP contribution >= 0.6 is 24.0 Å². The average molecular weight is 575 g/mol. The van der Waals surface area contributed by atoms with Gasteiger partial charge in [-0.05, 0) is 61.6 Å². The van der Waals surface area contributed by atoms with Crippen LogP contribution in [0, 0.1) is 5.92 Å². The van der Waals surface area contributed by atoms with E-state index in [2.05, 4.69) is 48.5 Å². The van der Waals surface area contributed by atoms with Crippen molar-refractivity contribution in [3.8, 4) is 5.75 Å². The first-order valence-electron chi connectivity index (χ1n) is 10.6. The first-order chi connectivity index (χ1) is 14.7. The molecule has 0 aliphatic heterocycles. The summed E-state index contributed by atoms with van der Waals surface area (Å²) in [6.07, 6.45) is 0.692. The zero-order valence-electron chi connectivity index (χ0n) is 19.2. The van der Waals surface area contributed by atoms with Gasteiger partial charge in [-0.25, -0.2) is 13.6 Å². The van der Waals surface area contributed by atoms with Crippen LogP contribution in [0.3, 0.4) is 0 Å². The van der Waals surface area contributed by atoms with Crippen molar-refractivity contribution in [3.05, 3.63) is 59.7 Å². The number of primary sulfonamides is 1. The fourth-order valence-corrected chi connectivity index (χ4v) is 3.38. The molecule has 7 nitrogen and oxygen atoms in total. The second-order valence-electron chi connectivity index (χ2n) is 7.84. The van der Waals surface area contributed by atoms with Crippen molar-refractivity contribution < 1.29 is 13.2 Å². The van der Waals surface area contributed by atoms with Gasteiger partial charge in [-0.3, -0.25) is 4.99 Å². The van der Waals surface area contributed by atoms with Gasteiger partial charge in [-0.2, -0.15) is 0 Å². The van der Waals surface area contributed by atoms with E-state index >= 15 is 0 Å². The van der Waals surface area contributed by atoms with Gasteiger partial charge >= 0.3 is 0 Å². The molecule has 2 rings (SSSR count). The quantitative estimate of drug-likeness (QED) is 0.227. The standard InChI is InChI=1S/C23H34N4O3S.HI/c1-5-25-23(26-15-14-19-6-12-22(13-7-19)31(24,28)29)27-18(4)20-8-10-21(11-9-20)30-16-17(2)3;/h6-13,17-18H,5,14-16H2,1-4H3,(H2,24,28,29)(H2,25,26,27);1H. The molecule has 0 saturated heterocycles. The molecule has 0 saturated carbocycles. The van der Waals surface area contributed by atoms with Crippen molar-refractivity contribution >= 4 is 40.0 Å². The van der Waals surface area contributed by atoms with E-state index in [-0.39, 0.29) is 34.9 Å². The van der Waals surface area contributed by atoms with Crippen molar-refractivity contribution in [1.29, 1.82) is 0 Å². The number of guanidine groups is 1. The third-order valence-electron chi connectivity index (χ3n) is 4.58. The highest BCUT2D eigenvalue weighted by Gasteiger charge is 2.09. The van der Waals surface area contributed by atoms with Gasteiger partial charge in [-0.1, -0.05) is 38.1 Å². The maximum atomic E-state index is 11.3. The molecular weight excluding hydrogens is 539 g/mol. The van der Waals surface area contributed by atoms with Crippen LogP contribution in [0.4, 0.5) is 0 Å². The molecule has 2 aromatic carbocycles. The van der Waals surface area contributed by atoms with Gasteiger partial charge in [0.2, 0.25) is 10.0 Å². The van der Waals surface area contributed by atoms with Crippen LogP contribution in [0.5, 0.6) is 5.75 Å². The summed E-state index contributed by atoms with van der Waals surface area (Å²) in [7, 11) is -3.67. The number of ether oxygens (including phenoxy) is 1. The molecule has 0 aliphatic carbocycles. The summed E-state index contributed by atoms with van der Waals surface area (Å²) < 4.78 is 28.4. The maximum Gasteiger partial charge on any atom is 0.238 e. The molecule has 0 bridgehead atoms. The Morgan fingerprint density at radius 1 is 1.06 bits per heavy atom. The van der Waals surface area contributed by atoms with Gasteiger partial charge in [-0.15, -0.1) is 24.0 Å². The topological polar surface area (TPSA) is 106 Å². The molecule has 1 unspecified atom stereocenters. The van der Waals surface area contributed by atoms with E-state index < -0.39 is 10.0 Å². The van der Waals surface area contributed by atoms with Crippen LogP contribution in [0.25, 0.3) is 0 Å². The lowest BCUT2D eigenvalue weighted by Gasteiger charge is -2.19. The third kappa shape index (κ3) is 9.74. The van der Waals surface area contributed by atoms with Gasteiger partial charge in [0, 0.05) is 13.1 Å². The Hall–Kier alpha value is -1.85. The molecule has 0 heterocycles. The van der Waals surface area contributed by atoms with E-state index in [0.717, 1.165) is 29.4 Å². The number of nitrogens with zero attached hydrogens (tertiary/aromatic N) is 1. The van der Waals surface area contributed by atoms with E-state index in [9.17, 15) is 8.42 Å². The minimum atomic E-state index is -3.67. The molecule has 32 heavy (non-hydrogen) atoms. The zero-order valence-corrected chi connectivity index (χ0v) is 22.3. The maximum absolute atomic E-state index is 11.3. The Morgan fingerprint density at radius 3 is 2.22 bits per heavy atom. The van der Waals surface area contributed by atoms with Gasteiger partial charge in [0.1, 0.15) is 5.75 Å². The Bertz CT molecular complexity index is 946. The molecule has 0 fully saturated rings. The highest BCUT2D eigenvalue weighted by molar-refractivity contribution is 14.0. The van der Waals surface area contributed by atoms with Crippen LogP contribution in [-0.4, -0.2) is 34.1 Å². The smallest absolute Gasteiger partial charge is 0.238 e. The van der Waals surface area contributed by atoms with Gasteiger partial charge in [0.25, 0.3) is 0 Å². The fourth-order valence-electron chi connectivity index (χ4n) is 2.87. The fraction of sp³-hybridized carbons (Fsp3) is 0.435. The summed E-state index contributed by atoms with van der Waals surface area (Å²) in [5.41, 5.74) is 2.14. The summed E-state index contributed by atoms with van der Waals surface area (Å²) in [6, 6.07) is 14.8.